The van der Waals surface area contributed by atoms with Gasteiger partial charge in [-0.1, -0.05) is 6.08 Å². The number of hydrogen-bond donors (Lipinski definition) is 0. The lowest BCUT2D eigenvalue weighted by Gasteiger charge is -2.28. The standard InChI is InChI=1S/C13H13F3O2/c1-12(2)6-5-9-3-4-10(7-11(9)18-12)17-8-13(14,15)16/h3-7H,8H2,1-2H3. The quantitative estimate of drug-likeness (QED) is 0.803. The first kappa shape index (κ1) is 12.8. The summed E-state index contributed by atoms with van der Waals surface area (Å²) >= 11 is 0. The number of benzene rings is 1. The molecule has 0 amide bonds. The van der Waals surface area contributed by atoms with E-state index in [0.29, 0.717) is 5.75 Å². The molecule has 0 bridgehead atoms. The molecule has 1 aliphatic heterocycles. The van der Waals surface area contributed by atoms with E-state index >= 15 is 0 Å². The molecular formula is C13H13F3O2. The van der Waals surface area contributed by atoms with Crippen LogP contribution >= 0.6 is 0 Å². The summed E-state index contributed by atoms with van der Waals surface area (Å²) in [5.74, 6) is 0.680. The van der Waals surface area contributed by atoms with E-state index in [0.717, 1.165) is 5.56 Å². The third kappa shape index (κ3) is 3.18. The van der Waals surface area contributed by atoms with Crippen LogP contribution < -0.4 is 9.47 Å². The second kappa shape index (κ2) is 4.23. The summed E-state index contributed by atoms with van der Waals surface area (Å²) in [5, 5.41) is 0. The Labute approximate surface area is 103 Å². The van der Waals surface area contributed by atoms with Crippen molar-refractivity contribution in [2.45, 2.75) is 25.6 Å². The first-order valence-corrected chi connectivity index (χ1v) is 5.47. The molecule has 0 spiro atoms. The molecule has 0 aromatic heterocycles. The van der Waals surface area contributed by atoms with E-state index in [-0.39, 0.29) is 5.75 Å². The Morgan fingerprint density at radius 3 is 2.67 bits per heavy atom. The van der Waals surface area contributed by atoms with Crippen molar-refractivity contribution >= 4 is 6.08 Å². The number of rotatable bonds is 2. The second-order valence-corrected chi connectivity index (χ2v) is 4.64. The van der Waals surface area contributed by atoms with Gasteiger partial charge in [0.05, 0.1) is 0 Å². The number of fused-ring (bicyclic) bond motifs is 1. The highest BCUT2D eigenvalue weighted by Crippen LogP contribution is 2.34. The summed E-state index contributed by atoms with van der Waals surface area (Å²) in [6, 6.07) is 4.65. The van der Waals surface area contributed by atoms with Crippen LogP contribution in [0.3, 0.4) is 0 Å². The van der Waals surface area contributed by atoms with Crippen molar-refractivity contribution in [3.63, 3.8) is 0 Å². The Morgan fingerprint density at radius 1 is 1.28 bits per heavy atom. The molecular weight excluding hydrogens is 245 g/mol. The van der Waals surface area contributed by atoms with Crippen LogP contribution in [0.2, 0.25) is 0 Å². The highest BCUT2D eigenvalue weighted by molar-refractivity contribution is 5.62. The Bertz CT molecular complexity index is 476. The lowest BCUT2D eigenvalue weighted by Crippen LogP contribution is -2.27. The molecule has 1 aromatic carbocycles. The molecule has 0 radical (unpaired) electrons. The fraction of sp³-hybridized carbons (Fsp3) is 0.385. The monoisotopic (exact) mass is 258 g/mol. The summed E-state index contributed by atoms with van der Waals surface area (Å²) in [6.45, 7) is 2.44. The third-order valence-corrected chi connectivity index (χ3v) is 2.42. The van der Waals surface area contributed by atoms with Gasteiger partial charge in [0.15, 0.2) is 6.61 Å². The first-order valence-electron chi connectivity index (χ1n) is 5.47. The SMILES string of the molecule is CC1(C)C=Cc2ccc(OCC(F)(F)F)cc2O1. The van der Waals surface area contributed by atoms with Crippen LogP contribution in [0.15, 0.2) is 24.3 Å². The molecule has 0 fully saturated rings. The Morgan fingerprint density at radius 2 is 2.00 bits per heavy atom. The predicted octanol–water partition coefficient (Wildman–Crippen LogP) is 3.81. The average Bonchev–Trinajstić information content (AvgIpc) is 2.23. The first-order chi connectivity index (χ1) is 8.25. The molecule has 5 heteroatoms. The minimum absolute atomic E-state index is 0.150. The van der Waals surface area contributed by atoms with Crippen LogP contribution in [0.4, 0.5) is 13.2 Å². The predicted molar refractivity (Wildman–Crippen MR) is 61.7 cm³/mol. The molecule has 0 unspecified atom stereocenters. The molecule has 2 rings (SSSR count). The van der Waals surface area contributed by atoms with Crippen molar-refractivity contribution in [1.82, 2.24) is 0 Å². The molecule has 0 atom stereocenters. The zero-order valence-electron chi connectivity index (χ0n) is 10.0. The normalized spacial score (nSPS) is 16.9. The second-order valence-electron chi connectivity index (χ2n) is 4.64. The van der Waals surface area contributed by atoms with E-state index in [1.807, 2.05) is 26.0 Å². The van der Waals surface area contributed by atoms with Crippen molar-refractivity contribution in [1.29, 1.82) is 0 Å². The number of ether oxygens (including phenoxy) is 2. The minimum Gasteiger partial charge on any atom is -0.484 e. The highest BCUT2D eigenvalue weighted by atomic mass is 19.4. The van der Waals surface area contributed by atoms with Crippen LogP contribution in [-0.2, 0) is 0 Å². The van der Waals surface area contributed by atoms with Crippen LogP contribution in [0.5, 0.6) is 11.5 Å². The topological polar surface area (TPSA) is 18.5 Å². The summed E-state index contributed by atoms with van der Waals surface area (Å²) in [7, 11) is 0. The van der Waals surface area contributed by atoms with Gasteiger partial charge in [0.2, 0.25) is 0 Å². The molecule has 18 heavy (non-hydrogen) atoms. The summed E-state index contributed by atoms with van der Waals surface area (Å²) in [5.41, 5.74) is 0.365. The lowest BCUT2D eigenvalue weighted by atomic mass is 10.0. The molecule has 98 valence electrons. The van der Waals surface area contributed by atoms with Gasteiger partial charge < -0.3 is 9.47 Å². The van der Waals surface area contributed by atoms with Gasteiger partial charge >= 0.3 is 6.18 Å². The van der Waals surface area contributed by atoms with Gasteiger partial charge in [-0.15, -0.1) is 0 Å². The van der Waals surface area contributed by atoms with Gasteiger partial charge in [0.1, 0.15) is 17.1 Å². The molecule has 0 N–H and O–H groups in total. The van der Waals surface area contributed by atoms with Crippen LogP contribution in [0, 0.1) is 0 Å². The molecule has 0 saturated carbocycles. The van der Waals surface area contributed by atoms with Crippen LogP contribution in [-0.4, -0.2) is 18.4 Å². The maximum atomic E-state index is 12.0. The number of alkyl halides is 3. The largest absolute Gasteiger partial charge is 0.484 e. The summed E-state index contributed by atoms with van der Waals surface area (Å²) in [6.07, 6.45) is -0.562. The Kier molecular flexibility index (Phi) is 3.00. The molecule has 0 aliphatic carbocycles. The van der Waals surface area contributed by atoms with Crippen molar-refractivity contribution in [3.8, 4) is 11.5 Å². The highest BCUT2D eigenvalue weighted by Gasteiger charge is 2.29. The molecule has 2 nitrogen and oxygen atoms in total. The van der Waals surface area contributed by atoms with E-state index in [4.69, 9.17) is 4.74 Å². The van der Waals surface area contributed by atoms with Gasteiger partial charge in [-0.05, 0) is 32.1 Å². The van der Waals surface area contributed by atoms with E-state index in [9.17, 15) is 13.2 Å². The molecule has 1 heterocycles. The van der Waals surface area contributed by atoms with E-state index in [2.05, 4.69) is 4.74 Å². The maximum absolute atomic E-state index is 12.0. The summed E-state index contributed by atoms with van der Waals surface area (Å²) in [4.78, 5) is 0. The van der Waals surface area contributed by atoms with Gasteiger partial charge in [-0.2, -0.15) is 13.2 Å². The fourth-order valence-electron chi connectivity index (χ4n) is 1.60. The maximum Gasteiger partial charge on any atom is 0.422 e. The van der Waals surface area contributed by atoms with Crippen LogP contribution in [0.1, 0.15) is 19.4 Å². The summed E-state index contributed by atoms with van der Waals surface area (Å²) < 4.78 is 46.4. The third-order valence-electron chi connectivity index (χ3n) is 2.42. The average molecular weight is 258 g/mol. The van der Waals surface area contributed by atoms with Crippen LogP contribution in [0.25, 0.3) is 6.08 Å². The van der Waals surface area contributed by atoms with Crippen molar-refractivity contribution in [2.24, 2.45) is 0 Å². The smallest absolute Gasteiger partial charge is 0.422 e. The van der Waals surface area contributed by atoms with E-state index < -0.39 is 18.4 Å². The zero-order valence-corrected chi connectivity index (χ0v) is 10.0. The van der Waals surface area contributed by atoms with Gasteiger partial charge in [-0.25, -0.2) is 0 Å². The Balaban J connectivity index is 2.16. The minimum atomic E-state index is -4.34. The van der Waals surface area contributed by atoms with Gasteiger partial charge in [0.25, 0.3) is 0 Å². The van der Waals surface area contributed by atoms with Crippen molar-refractivity contribution in [2.75, 3.05) is 6.61 Å². The van der Waals surface area contributed by atoms with E-state index in [1.54, 1.807) is 6.07 Å². The van der Waals surface area contributed by atoms with Gasteiger partial charge in [0, 0.05) is 11.6 Å². The zero-order chi connectivity index (χ0) is 13.4. The Hall–Kier alpha value is -1.65. The van der Waals surface area contributed by atoms with Crippen molar-refractivity contribution in [3.05, 3.63) is 29.8 Å². The van der Waals surface area contributed by atoms with E-state index in [1.165, 1.54) is 12.1 Å². The van der Waals surface area contributed by atoms with Gasteiger partial charge in [-0.3, -0.25) is 0 Å². The number of hydrogen-bond acceptors (Lipinski definition) is 2. The molecule has 0 saturated heterocycles. The number of halogens is 3. The van der Waals surface area contributed by atoms with Crippen molar-refractivity contribution < 1.29 is 22.6 Å². The fourth-order valence-corrected chi connectivity index (χ4v) is 1.60. The molecule has 1 aromatic rings. The lowest BCUT2D eigenvalue weighted by molar-refractivity contribution is -0.153. The molecule has 1 aliphatic rings.